The Balaban J connectivity index is 2.45. The largest absolute Gasteiger partial charge is 0.332 e. The Labute approximate surface area is 154 Å². The number of fused-ring (bicyclic) bond motifs is 1. The number of hydrogen-bond donors (Lipinski definition) is 1. The third kappa shape index (κ3) is 4.11. The second-order valence-electron chi connectivity index (χ2n) is 9.71. The molecule has 2 rings (SSSR count). The quantitative estimate of drug-likeness (QED) is 0.828. The molecule has 1 N–H and O–H groups in total. The van der Waals surface area contributed by atoms with Crippen LogP contribution in [0.2, 0.25) is 0 Å². The van der Waals surface area contributed by atoms with Gasteiger partial charge in [-0.05, 0) is 31.8 Å². The summed E-state index contributed by atoms with van der Waals surface area (Å²) in [5, 5.41) is -0.420. The topological polar surface area (TPSA) is 61.8 Å². The van der Waals surface area contributed by atoms with E-state index in [-0.39, 0.29) is 22.9 Å². The van der Waals surface area contributed by atoms with E-state index < -0.39 is 15.3 Å². The number of nitrogens with zero attached hydrogens (tertiary/aromatic N) is 2. The number of nitrogens with one attached hydrogen (secondary N) is 1. The number of rotatable bonds is 3. The standard InChI is InChI=1S/C19H35N3O2S/c1-12(2)25(23,24)21-14-10-15-16(18(4,5)6)13(3)20-17(19(7,8)9)22(15)11-14/h12-14,21H,10-11H2,1-9H3/t13-,14?/m0/s1. The summed E-state index contributed by atoms with van der Waals surface area (Å²) in [6.45, 7) is 19.4. The van der Waals surface area contributed by atoms with Gasteiger partial charge in [-0.25, -0.2) is 13.1 Å². The van der Waals surface area contributed by atoms with E-state index in [9.17, 15) is 8.42 Å². The van der Waals surface area contributed by atoms with Crippen LogP contribution in [-0.2, 0) is 10.0 Å². The molecule has 6 heteroatoms. The third-order valence-electron chi connectivity index (χ3n) is 4.90. The molecule has 5 nitrogen and oxygen atoms in total. The van der Waals surface area contributed by atoms with E-state index in [1.807, 2.05) is 0 Å². The van der Waals surface area contributed by atoms with Gasteiger partial charge in [-0.3, -0.25) is 4.99 Å². The number of sulfonamides is 1. The molecule has 2 atom stereocenters. The smallest absolute Gasteiger partial charge is 0.214 e. The molecule has 25 heavy (non-hydrogen) atoms. The van der Waals surface area contributed by atoms with Crippen LogP contribution in [0.3, 0.4) is 0 Å². The molecule has 1 unspecified atom stereocenters. The van der Waals surface area contributed by atoms with Crippen LogP contribution in [-0.4, -0.2) is 43.0 Å². The molecule has 0 aromatic carbocycles. The van der Waals surface area contributed by atoms with Crippen molar-refractivity contribution in [2.75, 3.05) is 6.54 Å². The predicted octanol–water partition coefficient (Wildman–Crippen LogP) is 3.54. The first-order valence-corrected chi connectivity index (χ1v) is 10.8. The second-order valence-corrected chi connectivity index (χ2v) is 12.0. The molecular weight excluding hydrogens is 334 g/mol. The number of amidine groups is 1. The summed E-state index contributed by atoms with van der Waals surface area (Å²) in [6, 6.07) is 0.0264. The molecule has 0 aromatic heterocycles. The van der Waals surface area contributed by atoms with Gasteiger partial charge in [-0.2, -0.15) is 0 Å². The Kier molecular flexibility index (Phi) is 5.21. The van der Waals surface area contributed by atoms with Crippen LogP contribution >= 0.6 is 0 Å². The lowest BCUT2D eigenvalue weighted by molar-refractivity contribution is 0.393. The highest BCUT2D eigenvalue weighted by Crippen LogP contribution is 2.42. The summed E-state index contributed by atoms with van der Waals surface area (Å²) >= 11 is 0. The van der Waals surface area contributed by atoms with E-state index in [0.29, 0.717) is 6.54 Å². The van der Waals surface area contributed by atoms with Gasteiger partial charge in [0, 0.05) is 30.1 Å². The highest BCUT2D eigenvalue weighted by molar-refractivity contribution is 7.90. The van der Waals surface area contributed by atoms with Crippen LogP contribution < -0.4 is 4.72 Å². The molecule has 0 aromatic rings. The third-order valence-corrected chi connectivity index (χ3v) is 6.80. The molecule has 0 radical (unpaired) electrons. The molecular formula is C19H35N3O2S. The van der Waals surface area contributed by atoms with Crippen molar-refractivity contribution in [1.29, 1.82) is 0 Å². The van der Waals surface area contributed by atoms with Crippen molar-refractivity contribution in [3.8, 4) is 0 Å². The number of hydrogen-bond acceptors (Lipinski definition) is 4. The van der Waals surface area contributed by atoms with E-state index in [1.165, 1.54) is 11.3 Å². The Morgan fingerprint density at radius 2 is 1.68 bits per heavy atom. The van der Waals surface area contributed by atoms with Crippen LogP contribution in [0.25, 0.3) is 0 Å². The van der Waals surface area contributed by atoms with E-state index >= 15 is 0 Å². The second kappa shape index (κ2) is 6.38. The molecule has 0 saturated carbocycles. The molecule has 144 valence electrons. The summed E-state index contributed by atoms with van der Waals surface area (Å²) < 4.78 is 27.6. The fraction of sp³-hybridized carbons (Fsp3) is 0.842. The van der Waals surface area contributed by atoms with Crippen molar-refractivity contribution in [3.05, 3.63) is 11.3 Å². The van der Waals surface area contributed by atoms with Crippen LogP contribution in [0.1, 0.15) is 68.7 Å². The zero-order valence-corrected chi connectivity index (χ0v) is 18.1. The van der Waals surface area contributed by atoms with Gasteiger partial charge in [0.1, 0.15) is 5.84 Å². The van der Waals surface area contributed by atoms with Crippen molar-refractivity contribution in [3.63, 3.8) is 0 Å². The van der Waals surface area contributed by atoms with Gasteiger partial charge in [-0.15, -0.1) is 0 Å². The maximum absolute atomic E-state index is 12.3. The van der Waals surface area contributed by atoms with Gasteiger partial charge >= 0.3 is 0 Å². The van der Waals surface area contributed by atoms with Crippen molar-refractivity contribution in [2.45, 2.75) is 86.1 Å². The van der Waals surface area contributed by atoms with E-state index in [1.54, 1.807) is 13.8 Å². The van der Waals surface area contributed by atoms with E-state index in [0.717, 1.165) is 12.3 Å². The molecule has 0 aliphatic carbocycles. The summed E-state index contributed by atoms with van der Waals surface area (Å²) in [5.41, 5.74) is 2.52. The minimum Gasteiger partial charge on any atom is -0.332 e. The van der Waals surface area contributed by atoms with Gasteiger partial charge in [-0.1, -0.05) is 41.5 Å². The lowest BCUT2D eigenvalue weighted by atomic mass is 9.79. The van der Waals surface area contributed by atoms with Crippen molar-refractivity contribution in [2.24, 2.45) is 15.8 Å². The van der Waals surface area contributed by atoms with Gasteiger partial charge in [0.05, 0.1) is 11.3 Å². The molecule has 0 amide bonds. The normalized spacial score (nSPS) is 25.5. The fourth-order valence-corrected chi connectivity index (χ4v) is 4.77. The zero-order valence-electron chi connectivity index (χ0n) is 17.3. The van der Waals surface area contributed by atoms with Gasteiger partial charge in [0.15, 0.2) is 0 Å². The molecule has 2 aliphatic heterocycles. The van der Waals surface area contributed by atoms with Crippen LogP contribution in [0.5, 0.6) is 0 Å². The van der Waals surface area contributed by atoms with Crippen LogP contribution in [0.15, 0.2) is 16.3 Å². The summed E-state index contributed by atoms with van der Waals surface area (Å²) in [5.74, 6) is 1.06. The van der Waals surface area contributed by atoms with Crippen molar-refractivity contribution >= 4 is 15.9 Å². The maximum atomic E-state index is 12.3. The monoisotopic (exact) mass is 369 g/mol. The van der Waals surface area contributed by atoms with Crippen LogP contribution in [0, 0.1) is 10.8 Å². The van der Waals surface area contributed by atoms with E-state index in [4.69, 9.17) is 4.99 Å². The van der Waals surface area contributed by atoms with Crippen molar-refractivity contribution < 1.29 is 8.42 Å². The Bertz CT molecular complexity index is 691. The zero-order chi connectivity index (χ0) is 19.4. The van der Waals surface area contributed by atoms with Gasteiger partial charge in [0.2, 0.25) is 10.0 Å². The first kappa shape index (κ1) is 20.4. The molecule has 2 heterocycles. The molecule has 1 fully saturated rings. The van der Waals surface area contributed by atoms with Crippen LogP contribution in [0.4, 0.5) is 0 Å². The SMILES string of the molecule is CC(C)S(=O)(=O)NC1CC2=C(C(C)(C)C)[C@H](C)N=C(C(C)(C)C)N2C1. The highest BCUT2D eigenvalue weighted by Gasteiger charge is 2.43. The first-order valence-electron chi connectivity index (χ1n) is 9.25. The minimum absolute atomic E-state index is 0.00568. The molecule has 0 spiro atoms. The van der Waals surface area contributed by atoms with E-state index in [2.05, 4.69) is 58.1 Å². The lowest BCUT2D eigenvalue weighted by Gasteiger charge is -2.41. The van der Waals surface area contributed by atoms with Crippen molar-refractivity contribution in [1.82, 2.24) is 9.62 Å². The summed E-state index contributed by atoms with van der Waals surface area (Å²) in [6.07, 6.45) is 0.734. The Hall–Kier alpha value is -0.880. The average molecular weight is 370 g/mol. The number of aliphatic imine (C=N–C) groups is 1. The average Bonchev–Trinajstić information content (AvgIpc) is 2.76. The Morgan fingerprint density at radius 3 is 2.12 bits per heavy atom. The first-order chi connectivity index (χ1) is 11.1. The highest BCUT2D eigenvalue weighted by atomic mass is 32.2. The Morgan fingerprint density at radius 1 is 1.12 bits per heavy atom. The molecule has 0 bridgehead atoms. The molecule has 1 saturated heterocycles. The fourth-order valence-electron chi connectivity index (χ4n) is 3.87. The summed E-state index contributed by atoms with van der Waals surface area (Å²) in [7, 11) is -3.28. The predicted molar refractivity (Wildman–Crippen MR) is 105 cm³/mol. The lowest BCUT2D eigenvalue weighted by Crippen LogP contribution is -2.45. The van der Waals surface area contributed by atoms with Gasteiger partial charge < -0.3 is 4.90 Å². The molecule has 2 aliphatic rings. The minimum atomic E-state index is -3.28. The maximum Gasteiger partial charge on any atom is 0.214 e. The van der Waals surface area contributed by atoms with Gasteiger partial charge in [0.25, 0.3) is 0 Å². The summed E-state index contributed by atoms with van der Waals surface area (Å²) in [4.78, 5) is 7.29.